The molecule has 0 aliphatic heterocycles. The summed E-state index contributed by atoms with van der Waals surface area (Å²) in [5, 5.41) is 9.78. The Morgan fingerprint density at radius 2 is 1.70 bits per heavy atom. The van der Waals surface area contributed by atoms with E-state index in [0.29, 0.717) is 6.54 Å². The van der Waals surface area contributed by atoms with Crippen LogP contribution in [0.1, 0.15) is 5.56 Å². The molecule has 0 aliphatic rings. The Hall–Kier alpha value is -0.660. The van der Waals surface area contributed by atoms with Gasteiger partial charge in [-0.2, -0.15) is 0 Å². The van der Waals surface area contributed by atoms with Crippen LogP contribution in [0, 0.1) is 5.82 Å². The highest BCUT2D eigenvalue weighted by Crippen LogP contribution is 2.12. The molecule has 0 amide bonds. The fourth-order valence-electron chi connectivity index (χ4n) is 1.58. The van der Waals surface area contributed by atoms with Gasteiger partial charge in [-0.05, 0) is 38.8 Å². The summed E-state index contributed by atoms with van der Waals surface area (Å²) in [6, 6.07) is 6.18. The number of hydroxylamine groups is 1. The molecule has 0 unspecified atom stereocenters. The van der Waals surface area contributed by atoms with E-state index in [1.807, 2.05) is 0 Å². The highest BCUT2D eigenvalue weighted by atomic mass is 32.2. The van der Waals surface area contributed by atoms with Crippen molar-refractivity contribution in [2.24, 2.45) is 0 Å². The van der Waals surface area contributed by atoms with Crippen LogP contribution in [-0.4, -0.2) is 66.0 Å². The minimum atomic E-state index is -0.256. The zero-order valence-corrected chi connectivity index (χ0v) is 13.2. The van der Waals surface area contributed by atoms with E-state index in [0.717, 1.165) is 31.0 Å². The van der Waals surface area contributed by atoms with Gasteiger partial charge in [-0.15, -0.1) is 4.47 Å². The molecule has 0 saturated carbocycles. The summed E-state index contributed by atoms with van der Waals surface area (Å²) in [4.78, 5) is 4.38. The molecule has 114 valence electrons. The molecule has 0 spiro atoms. The minimum Gasteiger partial charge on any atom is -0.308 e. The van der Waals surface area contributed by atoms with Crippen LogP contribution < -0.4 is 0 Å². The van der Waals surface area contributed by atoms with Crippen LogP contribution in [0.2, 0.25) is 0 Å². The van der Waals surface area contributed by atoms with Crippen LogP contribution in [0.15, 0.2) is 24.3 Å². The molecule has 0 heterocycles. The first-order chi connectivity index (χ1) is 9.47. The number of rotatable bonds is 9. The van der Waals surface area contributed by atoms with Crippen molar-refractivity contribution in [2.75, 3.05) is 46.5 Å². The van der Waals surface area contributed by atoms with Gasteiger partial charge in [-0.3, -0.25) is 0 Å². The minimum absolute atomic E-state index is 0.256. The molecule has 0 atom stereocenters. The number of hydrogen-bond donors (Lipinski definition) is 1. The summed E-state index contributed by atoms with van der Waals surface area (Å²) in [6.45, 7) is 3.35. The molecule has 1 N–H and O–H groups in total. The molecule has 20 heavy (non-hydrogen) atoms. The average molecular weight is 301 g/mol. The van der Waals surface area contributed by atoms with Crippen LogP contribution >= 0.6 is 11.9 Å². The van der Waals surface area contributed by atoms with Crippen LogP contribution in [-0.2, 0) is 6.54 Å². The van der Waals surface area contributed by atoms with Crippen LogP contribution in [0.5, 0.6) is 0 Å². The maximum atomic E-state index is 12.8. The molecule has 0 aliphatic carbocycles. The molecular formula is C14H24FN3OS. The van der Waals surface area contributed by atoms with Gasteiger partial charge in [0.2, 0.25) is 0 Å². The van der Waals surface area contributed by atoms with Gasteiger partial charge in [0.1, 0.15) is 5.82 Å². The van der Waals surface area contributed by atoms with E-state index in [2.05, 4.69) is 30.9 Å². The first-order valence-corrected chi connectivity index (χ1v) is 7.58. The smallest absolute Gasteiger partial charge is 0.123 e. The molecule has 0 bridgehead atoms. The Morgan fingerprint density at radius 3 is 2.30 bits per heavy atom. The molecule has 0 radical (unpaired) electrons. The van der Waals surface area contributed by atoms with Gasteiger partial charge in [0.05, 0.1) is 6.54 Å². The largest absolute Gasteiger partial charge is 0.308 e. The molecule has 1 aromatic carbocycles. The van der Waals surface area contributed by atoms with E-state index in [4.69, 9.17) is 0 Å². The number of benzene rings is 1. The third-order valence-electron chi connectivity index (χ3n) is 2.87. The lowest BCUT2D eigenvalue weighted by molar-refractivity contribution is 0.00880. The van der Waals surface area contributed by atoms with Gasteiger partial charge in [-0.1, -0.05) is 24.1 Å². The predicted molar refractivity (Wildman–Crippen MR) is 82.2 cm³/mol. The maximum Gasteiger partial charge on any atom is 0.123 e. The van der Waals surface area contributed by atoms with E-state index in [-0.39, 0.29) is 5.82 Å². The van der Waals surface area contributed by atoms with Gasteiger partial charge in [0.25, 0.3) is 0 Å². The van der Waals surface area contributed by atoms with E-state index >= 15 is 0 Å². The Balaban J connectivity index is 2.16. The molecule has 4 nitrogen and oxygen atoms in total. The van der Waals surface area contributed by atoms with Crippen molar-refractivity contribution in [1.82, 2.24) is 14.3 Å². The van der Waals surface area contributed by atoms with Gasteiger partial charge in [0.15, 0.2) is 0 Å². The highest BCUT2D eigenvalue weighted by molar-refractivity contribution is 7.96. The topological polar surface area (TPSA) is 30.0 Å². The van der Waals surface area contributed by atoms with E-state index < -0.39 is 0 Å². The van der Waals surface area contributed by atoms with Crippen molar-refractivity contribution in [3.8, 4) is 0 Å². The first-order valence-electron chi connectivity index (χ1n) is 6.64. The van der Waals surface area contributed by atoms with Crippen LogP contribution in [0.4, 0.5) is 4.39 Å². The second-order valence-electron chi connectivity index (χ2n) is 5.08. The Labute approximate surface area is 125 Å². The summed E-state index contributed by atoms with van der Waals surface area (Å²) in [5.74, 6) is 0.565. The van der Waals surface area contributed by atoms with Gasteiger partial charge < -0.3 is 15.0 Å². The number of halogens is 1. The number of nitrogens with zero attached hydrogens (tertiary/aromatic N) is 3. The van der Waals surface area contributed by atoms with Gasteiger partial charge in [-0.25, -0.2) is 4.39 Å². The molecule has 0 saturated heterocycles. The van der Waals surface area contributed by atoms with Crippen LogP contribution in [0.25, 0.3) is 0 Å². The molecule has 0 aromatic heterocycles. The first kappa shape index (κ1) is 17.4. The zero-order chi connectivity index (χ0) is 15.0. The highest BCUT2D eigenvalue weighted by Gasteiger charge is 2.05. The fraction of sp³-hybridized carbons (Fsp3) is 0.571. The molecule has 1 rings (SSSR count). The van der Waals surface area contributed by atoms with Crippen molar-refractivity contribution < 1.29 is 9.60 Å². The summed E-state index contributed by atoms with van der Waals surface area (Å²) in [5.41, 5.74) is 0.891. The van der Waals surface area contributed by atoms with Crippen LogP contribution in [0.3, 0.4) is 0 Å². The normalized spacial score (nSPS) is 11.8. The van der Waals surface area contributed by atoms with E-state index in [9.17, 15) is 9.60 Å². The Kier molecular flexibility index (Phi) is 8.09. The van der Waals surface area contributed by atoms with E-state index in [1.54, 1.807) is 12.1 Å². The summed E-state index contributed by atoms with van der Waals surface area (Å²) < 4.78 is 14.0. The molecular weight excluding hydrogens is 277 g/mol. The SMILES string of the molecule is CN(C)CCN(C)CCSN(O)Cc1ccc(F)cc1. The summed E-state index contributed by atoms with van der Waals surface area (Å²) >= 11 is 1.38. The van der Waals surface area contributed by atoms with Gasteiger partial charge >= 0.3 is 0 Å². The molecule has 6 heteroatoms. The fourth-order valence-corrected chi connectivity index (χ4v) is 2.42. The number of likely N-dealkylation sites (N-methyl/N-ethyl adjacent to an activating group) is 2. The standard InChI is InChI=1S/C14H24FN3OS/c1-16(2)8-9-17(3)10-11-20-18(19)12-13-4-6-14(15)7-5-13/h4-7,19H,8-12H2,1-3H3. The second kappa shape index (κ2) is 9.31. The Morgan fingerprint density at radius 1 is 1.05 bits per heavy atom. The zero-order valence-electron chi connectivity index (χ0n) is 12.4. The van der Waals surface area contributed by atoms with E-state index in [1.165, 1.54) is 28.5 Å². The van der Waals surface area contributed by atoms with Crippen molar-refractivity contribution in [3.63, 3.8) is 0 Å². The summed E-state index contributed by atoms with van der Waals surface area (Å²) in [6.07, 6.45) is 0. The van der Waals surface area contributed by atoms with Crippen molar-refractivity contribution in [1.29, 1.82) is 0 Å². The lowest BCUT2D eigenvalue weighted by Gasteiger charge is -2.20. The number of hydrogen-bond acceptors (Lipinski definition) is 5. The lowest BCUT2D eigenvalue weighted by atomic mass is 10.2. The second-order valence-corrected chi connectivity index (χ2v) is 6.16. The molecule has 0 fully saturated rings. The lowest BCUT2D eigenvalue weighted by Crippen LogP contribution is -2.30. The monoisotopic (exact) mass is 301 g/mol. The van der Waals surface area contributed by atoms with Crippen molar-refractivity contribution in [2.45, 2.75) is 6.54 Å². The van der Waals surface area contributed by atoms with Crippen molar-refractivity contribution >= 4 is 11.9 Å². The third kappa shape index (κ3) is 7.81. The quantitative estimate of drug-likeness (QED) is 0.558. The third-order valence-corrected chi connectivity index (χ3v) is 3.67. The predicted octanol–water partition coefficient (Wildman–Crippen LogP) is 2.16. The Bertz CT molecular complexity index is 375. The average Bonchev–Trinajstić information content (AvgIpc) is 2.39. The maximum absolute atomic E-state index is 12.8. The van der Waals surface area contributed by atoms with Gasteiger partial charge in [0, 0.05) is 25.4 Å². The summed E-state index contributed by atoms with van der Waals surface area (Å²) in [7, 11) is 6.19. The molecule has 1 aromatic rings. The van der Waals surface area contributed by atoms with Crippen molar-refractivity contribution in [3.05, 3.63) is 35.6 Å².